The molecule has 0 aromatic heterocycles. The van der Waals surface area contributed by atoms with Crippen molar-refractivity contribution in [2.24, 2.45) is 5.73 Å². The molecule has 1 saturated carbocycles. The second-order valence-corrected chi connectivity index (χ2v) is 5.90. The first-order chi connectivity index (χ1) is 8.10. The predicted octanol–water partition coefficient (Wildman–Crippen LogP) is 1.26. The molecule has 1 heterocycles. The molecule has 100 valence electrons. The number of hydrogen-bond acceptors (Lipinski definition) is 4. The van der Waals surface area contributed by atoms with Gasteiger partial charge in [0.15, 0.2) is 0 Å². The van der Waals surface area contributed by atoms with Crippen LogP contribution in [0.3, 0.4) is 0 Å². The van der Waals surface area contributed by atoms with Gasteiger partial charge in [0, 0.05) is 31.3 Å². The lowest BCUT2D eigenvalue weighted by molar-refractivity contribution is -0.0854. The molecule has 2 atom stereocenters. The van der Waals surface area contributed by atoms with Gasteiger partial charge in [0.25, 0.3) is 0 Å². The number of rotatable bonds is 4. The summed E-state index contributed by atoms with van der Waals surface area (Å²) in [5, 5.41) is 2.43. The molecule has 2 aliphatic rings. The van der Waals surface area contributed by atoms with Crippen molar-refractivity contribution in [2.45, 2.75) is 69.7 Å². The SMILES string of the molecule is COC1CC(CN)(NN2C(C)CCCC2C)C1. The Morgan fingerprint density at radius 2 is 1.88 bits per heavy atom. The van der Waals surface area contributed by atoms with Gasteiger partial charge >= 0.3 is 0 Å². The highest BCUT2D eigenvalue weighted by atomic mass is 16.5. The number of hydrazine groups is 1. The Balaban J connectivity index is 1.94. The average Bonchev–Trinajstić information content (AvgIpc) is 2.27. The zero-order chi connectivity index (χ0) is 12.5. The largest absolute Gasteiger partial charge is 0.381 e. The molecule has 0 aromatic carbocycles. The summed E-state index contributed by atoms with van der Waals surface area (Å²) in [6, 6.07) is 1.23. The maximum atomic E-state index is 5.95. The van der Waals surface area contributed by atoms with E-state index in [4.69, 9.17) is 10.5 Å². The molecule has 0 amide bonds. The minimum Gasteiger partial charge on any atom is -0.381 e. The summed E-state index contributed by atoms with van der Waals surface area (Å²) in [5.41, 5.74) is 9.74. The third kappa shape index (κ3) is 2.65. The molecule has 0 bridgehead atoms. The first kappa shape index (κ1) is 13.3. The molecule has 0 spiro atoms. The first-order valence-electron chi connectivity index (χ1n) is 6.89. The molecule has 0 aromatic rings. The number of nitrogens with one attached hydrogen (secondary N) is 1. The van der Waals surface area contributed by atoms with Gasteiger partial charge in [-0.05, 0) is 39.5 Å². The summed E-state index contributed by atoms with van der Waals surface area (Å²) in [4.78, 5) is 0. The van der Waals surface area contributed by atoms with Crippen LogP contribution in [0.4, 0.5) is 0 Å². The summed E-state index contributed by atoms with van der Waals surface area (Å²) in [6.45, 7) is 5.31. The molecule has 1 aliphatic heterocycles. The molecule has 0 radical (unpaired) electrons. The molecule has 1 aliphatic carbocycles. The molecular formula is C13H27N3O. The molecule has 2 rings (SSSR count). The maximum absolute atomic E-state index is 5.95. The van der Waals surface area contributed by atoms with Gasteiger partial charge in [0.2, 0.25) is 0 Å². The van der Waals surface area contributed by atoms with E-state index in [0.29, 0.717) is 24.7 Å². The van der Waals surface area contributed by atoms with Crippen LogP contribution in [0.1, 0.15) is 46.0 Å². The summed E-state index contributed by atoms with van der Waals surface area (Å²) < 4.78 is 5.37. The van der Waals surface area contributed by atoms with Gasteiger partial charge in [0.1, 0.15) is 0 Å². The van der Waals surface area contributed by atoms with Crippen LogP contribution in [0.2, 0.25) is 0 Å². The Morgan fingerprint density at radius 1 is 1.29 bits per heavy atom. The van der Waals surface area contributed by atoms with E-state index in [-0.39, 0.29) is 5.54 Å². The van der Waals surface area contributed by atoms with Crippen molar-refractivity contribution in [2.75, 3.05) is 13.7 Å². The summed E-state index contributed by atoms with van der Waals surface area (Å²) in [5.74, 6) is 0. The fourth-order valence-electron chi connectivity index (χ4n) is 3.20. The first-order valence-corrected chi connectivity index (χ1v) is 6.89. The number of hydrogen-bond donors (Lipinski definition) is 2. The summed E-state index contributed by atoms with van der Waals surface area (Å²) >= 11 is 0. The van der Waals surface area contributed by atoms with E-state index in [1.165, 1.54) is 19.3 Å². The number of nitrogens with zero attached hydrogens (tertiary/aromatic N) is 1. The lowest BCUT2D eigenvalue weighted by Gasteiger charge is -2.52. The van der Waals surface area contributed by atoms with Crippen molar-refractivity contribution in [1.29, 1.82) is 0 Å². The number of ether oxygens (including phenoxy) is 1. The van der Waals surface area contributed by atoms with Crippen molar-refractivity contribution in [1.82, 2.24) is 10.4 Å². The Kier molecular flexibility index (Phi) is 4.08. The maximum Gasteiger partial charge on any atom is 0.0608 e. The molecule has 4 nitrogen and oxygen atoms in total. The zero-order valence-corrected chi connectivity index (χ0v) is 11.4. The molecule has 2 unspecified atom stereocenters. The van der Waals surface area contributed by atoms with Crippen molar-refractivity contribution >= 4 is 0 Å². The molecule has 4 heteroatoms. The third-order valence-electron chi connectivity index (χ3n) is 4.52. The van der Waals surface area contributed by atoms with Crippen LogP contribution in [-0.2, 0) is 4.74 Å². The average molecular weight is 241 g/mol. The summed E-state index contributed by atoms with van der Waals surface area (Å²) in [6.07, 6.45) is 6.38. The Labute approximate surface area is 105 Å². The van der Waals surface area contributed by atoms with E-state index < -0.39 is 0 Å². The minimum absolute atomic E-state index is 0.0839. The Hall–Kier alpha value is -0.160. The monoisotopic (exact) mass is 241 g/mol. The fraction of sp³-hybridized carbons (Fsp3) is 1.00. The Morgan fingerprint density at radius 3 is 2.35 bits per heavy atom. The topological polar surface area (TPSA) is 50.5 Å². The zero-order valence-electron chi connectivity index (χ0n) is 11.4. The van der Waals surface area contributed by atoms with Crippen molar-refractivity contribution in [3.8, 4) is 0 Å². The lowest BCUT2D eigenvalue weighted by atomic mass is 9.74. The van der Waals surface area contributed by atoms with Crippen molar-refractivity contribution in [3.05, 3.63) is 0 Å². The molecule has 1 saturated heterocycles. The lowest BCUT2D eigenvalue weighted by Crippen LogP contribution is -2.69. The highest BCUT2D eigenvalue weighted by Gasteiger charge is 2.45. The predicted molar refractivity (Wildman–Crippen MR) is 69.6 cm³/mol. The van der Waals surface area contributed by atoms with Gasteiger partial charge in [-0.1, -0.05) is 6.42 Å². The van der Waals surface area contributed by atoms with Crippen LogP contribution in [0.5, 0.6) is 0 Å². The van der Waals surface area contributed by atoms with Gasteiger partial charge in [-0.15, -0.1) is 0 Å². The van der Waals surface area contributed by atoms with Gasteiger partial charge in [-0.3, -0.25) is 0 Å². The van der Waals surface area contributed by atoms with Crippen LogP contribution >= 0.6 is 0 Å². The Bertz CT molecular complexity index is 243. The number of methoxy groups -OCH3 is 1. The molecule has 2 fully saturated rings. The highest BCUT2D eigenvalue weighted by molar-refractivity contribution is 5.03. The molecule has 17 heavy (non-hydrogen) atoms. The van der Waals surface area contributed by atoms with Crippen molar-refractivity contribution in [3.63, 3.8) is 0 Å². The van der Waals surface area contributed by atoms with Gasteiger partial charge < -0.3 is 10.5 Å². The van der Waals surface area contributed by atoms with E-state index in [9.17, 15) is 0 Å². The van der Waals surface area contributed by atoms with E-state index in [2.05, 4.69) is 24.3 Å². The van der Waals surface area contributed by atoms with Crippen LogP contribution in [0.15, 0.2) is 0 Å². The van der Waals surface area contributed by atoms with Gasteiger partial charge in [-0.2, -0.15) is 0 Å². The van der Waals surface area contributed by atoms with Gasteiger partial charge in [0.05, 0.1) is 6.10 Å². The third-order valence-corrected chi connectivity index (χ3v) is 4.52. The number of nitrogens with two attached hydrogens (primary N) is 1. The normalized spacial score (nSPS) is 43.4. The second kappa shape index (κ2) is 5.22. The van der Waals surface area contributed by atoms with Gasteiger partial charge in [-0.25, -0.2) is 10.4 Å². The van der Waals surface area contributed by atoms with Crippen LogP contribution in [0.25, 0.3) is 0 Å². The highest BCUT2D eigenvalue weighted by Crippen LogP contribution is 2.35. The van der Waals surface area contributed by atoms with Crippen LogP contribution < -0.4 is 11.2 Å². The van der Waals surface area contributed by atoms with Crippen molar-refractivity contribution < 1.29 is 4.74 Å². The molecular weight excluding hydrogens is 214 g/mol. The summed E-state index contributed by atoms with van der Waals surface area (Å²) in [7, 11) is 1.79. The fourth-order valence-corrected chi connectivity index (χ4v) is 3.20. The smallest absolute Gasteiger partial charge is 0.0608 e. The minimum atomic E-state index is 0.0839. The van der Waals surface area contributed by atoms with Crippen LogP contribution in [-0.4, -0.2) is 42.4 Å². The second-order valence-electron chi connectivity index (χ2n) is 5.90. The van der Waals surface area contributed by atoms with Crippen LogP contribution in [0, 0.1) is 0 Å². The number of piperidine rings is 1. The van der Waals surface area contributed by atoms with E-state index in [1.54, 1.807) is 7.11 Å². The standard InChI is InChI=1S/C13H27N3O/c1-10-5-4-6-11(2)16(10)15-13(9-14)7-12(8-13)17-3/h10-12,15H,4-9,14H2,1-3H3. The van der Waals surface area contributed by atoms with E-state index >= 15 is 0 Å². The van der Waals surface area contributed by atoms with E-state index in [0.717, 1.165) is 12.8 Å². The molecule has 3 N–H and O–H groups in total. The quantitative estimate of drug-likeness (QED) is 0.778. The van der Waals surface area contributed by atoms with E-state index in [1.807, 2.05) is 0 Å².